The number of imidazole rings is 1. The number of hydrogen-bond donors (Lipinski definition) is 1. The summed E-state index contributed by atoms with van der Waals surface area (Å²) in [5, 5.41) is 3.96. The van der Waals surface area contributed by atoms with Crippen molar-refractivity contribution in [2.75, 3.05) is 18.4 Å². The Hall–Kier alpha value is -2.38. The molecule has 5 rings (SSSR count). The molecule has 1 fully saturated rings. The molecule has 1 saturated heterocycles. The van der Waals surface area contributed by atoms with Crippen molar-refractivity contribution in [1.29, 1.82) is 0 Å². The molecule has 0 aliphatic carbocycles. The first-order chi connectivity index (χ1) is 16.5. The average Bonchev–Trinajstić information content (AvgIpc) is 3.19. The molecule has 174 valence electrons. The maximum absolute atomic E-state index is 13.0. The van der Waals surface area contributed by atoms with Gasteiger partial charge in [-0.25, -0.2) is 4.98 Å². The van der Waals surface area contributed by atoms with E-state index < -0.39 is 0 Å². The Balaban J connectivity index is 1.36. The van der Waals surface area contributed by atoms with E-state index in [9.17, 15) is 4.79 Å². The molecular formula is C26H23BrCl2N4O. The third-order valence-corrected chi connectivity index (χ3v) is 7.22. The highest BCUT2D eigenvalue weighted by molar-refractivity contribution is 9.10. The van der Waals surface area contributed by atoms with Crippen molar-refractivity contribution in [2.45, 2.75) is 19.4 Å². The van der Waals surface area contributed by atoms with Crippen molar-refractivity contribution in [3.8, 4) is 5.69 Å². The van der Waals surface area contributed by atoms with Gasteiger partial charge in [-0.15, -0.1) is 0 Å². The van der Waals surface area contributed by atoms with E-state index in [2.05, 4.69) is 48.9 Å². The number of piperidine rings is 1. The molecule has 1 aromatic heterocycles. The molecule has 34 heavy (non-hydrogen) atoms. The van der Waals surface area contributed by atoms with Gasteiger partial charge in [-0.05, 0) is 74.0 Å². The molecule has 1 aliphatic rings. The fourth-order valence-electron chi connectivity index (χ4n) is 4.50. The number of nitrogens with one attached hydrogen (secondary N) is 1. The summed E-state index contributed by atoms with van der Waals surface area (Å²) in [6, 6.07) is 21.5. The highest BCUT2D eigenvalue weighted by Gasteiger charge is 2.27. The number of hydrogen-bond acceptors (Lipinski definition) is 3. The molecule has 0 spiro atoms. The monoisotopic (exact) mass is 556 g/mol. The fraction of sp³-hybridized carbons (Fsp3) is 0.231. The normalized spacial score (nSPS) is 16.6. The van der Waals surface area contributed by atoms with Crippen LogP contribution in [-0.2, 0) is 11.3 Å². The lowest BCUT2D eigenvalue weighted by molar-refractivity contribution is -0.121. The zero-order valence-corrected chi connectivity index (χ0v) is 21.4. The molecule has 8 heteroatoms. The smallest absolute Gasteiger partial charge is 0.228 e. The Kier molecular flexibility index (Phi) is 6.93. The van der Waals surface area contributed by atoms with Crippen molar-refractivity contribution in [1.82, 2.24) is 14.5 Å². The number of likely N-dealkylation sites (tertiary alicyclic amines) is 1. The van der Waals surface area contributed by atoms with Gasteiger partial charge < -0.3 is 5.32 Å². The molecule has 1 atom stereocenters. The summed E-state index contributed by atoms with van der Waals surface area (Å²) in [4.78, 5) is 20.3. The number of fused-ring (bicyclic) bond motifs is 1. The number of rotatable bonds is 5. The lowest BCUT2D eigenvalue weighted by Gasteiger charge is -2.32. The molecular weight excluding hydrogens is 535 g/mol. The van der Waals surface area contributed by atoms with E-state index in [1.54, 1.807) is 18.2 Å². The van der Waals surface area contributed by atoms with Gasteiger partial charge in [0.05, 0.1) is 34.2 Å². The number of carbonyl (C=O) groups is 1. The van der Waals surface area contributed by atoms with Crippen molar-refractivity contribution in [3.05, 3.63) is 87.1 Å². The number of nitrogens with zero attached hydrogens (tertiary/aromatic N) is 3. The second-order valence-electron chi connectivity index (χ2n) is 8.52. The molecule has 3 aromatic carbocycles. The lowest BCUT2D eigenvalue weighted by Crippen LogP contribution is -2.40. The number of benzene rings is 3. The molecule has 0 saturated carbocycles. The molecule has 4 aromatic rings. The first-order valence-electron chi connectivity index (χ1n) is 11.2. The van der Waals surface area contributed by atoms with Crippen molar-refractivity contribution in [2.24, 2.45) is 5.92 Å². The van der Waals surface area contributed by atoms with E-state index in [1.165, 1.54) is 0 Å². The van der Waals surface area contributed by atoms with Gasteiger partial charge in [-0.1, -0.05) is 51.3 Å². The Bertz CT molecular complexity index is 1340. The second kappa shape index (κ2) is 10.1. The van der Waals surface area contributed by atoms with Crippen LogP contribution >= 0.6 is 39.1 Å². The van der Waals surface area contributed by atoms with E-state index in [0.717, 1.165) is 46.4 Å². The van der Waals surface area contributed by atoms with E-state index in [0.29, 0.717) is 28.8 Å². The number of anilines is 1. The van der Waals surface area contributed by atoms with Crippen LogP contribution in [0.4, 0.5) is 5.69 Å². The third kappa shape index (κ3) is 5.01. The van der Waals surface area contributed by atoms with Gasteiger partial charge >= 0.3 is 0 Å². The van der Waals surface area contributed by atoms with Crippen molar-refractivity contribution >= 4 is 61.8 Å². The van der Waals surface area contributed by atoms with Crippen LogP contribution in [-0.4, -0.2) is 33.4 Å². The first-order valence-corrected chi connectivity index (χ1v) is 12.7. The Morgan fingerprint density at radius 1 is 1.09 bits per heavy atom. The summed E-state index contributed by atoms with van der Waals surface area (Å²) < 4.78 is 3.24. The van der Waals surface area contributed by atoms with Crippen LogP contribution in [0.25, 0.3) is 16.7 Å². The highest BCUT2D eigenvalue weighted by atomic mass is 79.9. The minimum absolute atomic E-state index is 0.0182. The predicted molar refractivity (Wildman–Crippen MR) is 142 cm³/mol. The Morgan fingerprint density at radius 3 is 2.68 bits per heavy atom. The second-order valence-corrected chi connectivity index (χ2v) is 10.3. The molecule has 0 bridgehead atoms. The van der Waals surface area contributed by atoms with Crippen LogP contribution < -0.4 is 5.32 Å². The zero-order chi connectivity index (χ0) is 23.7. The van der Waals surface area contributed by atoms with Gasteiger partial charge in [-0.3, -0.25) is 14.3 Å². The average molecular weight is 558 g/mol. The molecule has 1 N–H and O–H groups in total. The summed E-state index contributed by atoms with van der Waals surface area (Å²) in [7, 11) is 0. The highest BCUT2D eigenvalue weighted by Crippen LogP contribution is 2.28. The molecule has 0 radical (unpaired) electrons. The zero-order valence-electron chi connectivity index (χ0n) is 18.3. The van der Waals surface area contributed by atoms with Crippen LogP contribution in [0, 0.1) is 5.92 Å². The van der Waals surface area contributed by atoms with Crippen LogP contribution in [0.3, 0.4) is 0 Å². The van der Waals surface area contributed by atoms with Gasteiger partial charge in [-0.2, -0.15) is 0 Å². The van der Waals surface area contributed by atoms with Gasteiger partial charge in [0.1, 0.15) is 5.82 Å². The summed E-state index contributed by atoms with van der Waals surface area (Å²) in [5.74, 6) is 0.826. The molecule has 5 nitrogen and oxygen atoms in total. The van der Waals surface area contributed by atoms with E-state index in [-0.39, 0.29) is 11.8 Å². The van der Waals surface area contributed by atoms with Gasteiger partial charge in [0.2, 0.25) is 5.91 Å². The van der Waals surface area contributed by atoms with Crippen LogP contribution in [0.15, 0.2) is 71.2 Å². The van der Waals surface area contributed by atoms with E-state index >= 15 is 0 Å². The van der Waals surface area contributed by atoms with Crippen LogP contribution in [0.5, 0.6) is 0 Å². The number of amides is 1. The Labute approximate surface area is 216 Å². The van der Waals surface area contributed by atoms with Crippen LogP contribution in [0.2, 0.25) is 10.0 Å². The third-order valence-electron chi connectivity index (χ3n) is 6.15. The molecule has 2 heterocycles. The Morgan fingerprint density at radius 2 is 1.88 bits per heavy atom. The molecule has 1 amide bonds. The predicted octanol–water partition coefficient (Wildman–Crippen LogP) is 6.95. The quantitative estimate of drug-likeness (QED) is 0.289. The maximum Gasteiger partial charge on any atom is 0.228 e. The van der Waals surface area contributed by atoms with E-state index in [4.69, 9.17) is 28.2 Å². The van der Waals surface area contributed by atoms with Gasteiger partial charge in [0.25, 0.3) is 0 Å². The number of aromatic nitrogens is 2. The minimum Gasteiger partial charge on any atom is -0.324 e. The standard InChI is InChI=1S/C26H23BrCl2N4O/c27-18-7-10-20(11-8-18)33-24-6-2-1-5-23(24)30-25(33)16-32-13-3-4-17(15-32)26(34)31-22-12-9-19(28)14-21(22)29/h1-2,5-12,14,17H,3-4,13,15-16H2,(H,31,34)/t17-/m1/s1. The number of carbonyl (C=O) groups excluding carboxylic acids is 1. The van der Waals surface area contributed by atoms with E-state index in [1.807, 2.05) is 30.3 Å². The largest absolute Gasteiger partial charge is 0.324 e. The maximum atomic E-state index is 13.0. The van der Waals surface area contributed by atoms with Gasteiger partial charge in [0.15, 0.2) is 0 Å². The van der Waals surface area contributed by atoms with Crippen molar-refractivity contribution < 1.29 is 4.79 Å². The lowest BCUT2D eigenvalue weighted by atomic mass is 9.97. The summed E-state index contributed by atoms with van der Waals surface area (Å²) in [6.07, 6.45) is 1.79. The first kappa shape index (κ1) is 23.4. The number of para-hydroxylation sites is 2. The summed E-state index contributed by atoms with van der Waals surface area (Å²) in [5.41, 5.74) is 3.69. The summed E-state index contributed by atoms with van der Waals surface area (Å²) >= 11 is 15.7. The summed E-state index contributed by atoms with van der Waals surface area (Å²) in [6.45, 7) is 2.26. The van der Waals surface area contributed by atoms with Crippen LogP contribution in [0.1, 0.15) is 18.7 Å². The minimum atomic E-state index is -0.119. The SMILES string of the molecule is O=C(Nc1ccc(Cl)cc1Cl)[C@@H]1CCCN(Cc2nc3ccccc3n2-c2ccc(Br)cc2)C1. The topological polar surface area (TPSA) is 50.2 Å². The van der Waals surface area contributed by atoms with Crippen molar-refractivity contribution in [3.63, 3.8) is 0 Å². The molecule has 0 unspecified atom stereocenters. The number of halogens is 3. The fourth-order valence-corrected chi connectivity index (χ4v) is 5.22. The molecule has 1 aliphatic heterocycles. The van der Waals surface area contributed by atoms with Gasteiger partial charge in [0, 0.05) is 21.7 Å².